The Labute approximate surface area is 273 Å². The van der Waals surface area contributed by atoms with Crippen LogP contribution in [0.5, 0.6) is 11.5 Å². The van der Waals surface area contributed by atoms with E-state index >= 15 is 0 Å². The first-order valence-electron chi connectivity index (χ1n) is 13.4. The molecule has 0 radical (unpaired) electrons. The Balaban J connectivity index is 0.000000281. The zero-order valence-corrected chi connectivity index (χ0v) is 24.9. The number of alkyl halides is 6. The van der Waals surface area contributed by atoms with Crippen molar-refractivity contribution in [3.05, 3.63) is 136 Å². The number of hydrogen-bond donors (Lipinski definition) is 4. The highest BCUT2D eigenvalue weighted by Crippen LogP contribution is 2.31. The van der Waals surface area contributed by atoms with Crippen LogP contribution in [0.4, 0.5) is 26.3 Å². The molecule has 0 spiro atoms. The minimum absolute atomic E-state index is 0.0277. The van der Waals surface area contributed by atoms with E-state index in [0.717, 1.165) is 42.5 Å². The van der Waals surface area contributed by atoms with E-state index in [2.05, 4.69) is 0 Å². The lowest BCUT2D eigenvalue weighted by Gasteiger charge is -2.06. The van der Waals surface area contributed by atoms with Crippen LogP contribution in [0.3, 0.4) is 0 Å². The molecule has 0 atom stereocenters. The Morgan fingerprint density at radius 3 is 1.41 bits per heavy atom. The fourth-order valence-corrected chi connectivity index (χ4v) is 3.78. The third-order valence-corrected chi connectivity index (χ3v) is 6.17. The van der Waals surface area contributed by atoms with E-state index in [-0.39, 0.29) is 33.6 Å². The summed E-state index contributed by atoms with van der Waals surface area (Å²) in [7, 11) is 0. The minimum Gasteiger partial charge on any atom is -0.506 e. The normalized spacial score (nSPS) is 11.0. The summed E-state index contributed by atoms with van der Waals surface area (Å²) in [6, 6.07) is 16.3. The summed E-state index contributed by atoms with van der Waals surface area (Å²) < 4.78 is 73.8. The molecular formula is C34H24F6O9. The average Bonchev–Trinajstić information content (AvgIpc) is 3.03. The molecule has 0 aliphatic rings. The largest absolute Gasteiger partial charge is 0.506 e. The molecule has 0 bridgehead atoms. The van der Waals surface area contributed by atoms with Gasteiger partial charge in [-0.15, -0.1) is 0 Å². The van der Waals surface area contributed by atoms with E-state index in [4.69, 9.17) is 10.2 Å². The third kappa shape index (κ3) is 11.2. The fourth-order valence-electron chi connectivity index (χ4n) is 3.78. The van der Waals surface area contributed by atoms with Gasteiger partial charge in [-0.3, -0.25) is 14.4 Å². The molecule has 49 heavy (non-hydrogen) atoms. The number of Topliss-reactive ketones (excluding diaryl/α,β-unsaturated/α-hetero) is 1. The summed E-state index contributed by atoms with van der Waals surface area (Å²) in [5, 5.41) is 36.6. The molecule has 0 aliphatic heterocycles. The maximum Gasteiger partial charge on any atom is 0.416 e. The summed E-state index contributed by atoms with van der Waals surface area (Å²) in [6.45, 7) is 1.26. The number of carbonyl (C=O) groups is 5. The molecule has 0 fully saturated rings. The Bertz CT molecular complexity index is 1860. The van der Waals surface area contributed by atoms with Crippen LogP contribution in [-0.4, -0.2) is 50.2 Å². The lowest BCUT2D eigenvalue weighted by molar-refractivity contribution is -0.138. The molecular weight excluding hydrogens is 666 g/mol. The van der Waals surface area contributed by atoms with Crippen LogP contribution in [0.15, 0.2) is 91.0 Å². The standard InChI is InChI=1S/C17H11F3O4.C9H8O4.C8H5F3O/c18-17(19,20)11-4-1-3-10(9-11)7-8-14(21)12-5-2-6-13(15(12)22)16(23)24;1-5(10)6-3-2-4-7(8(6)11)9(12)13;9-8(10,11)7-3-1-2-6(4-7)5-12/h1-9,22H,(H,23,24);2-4,11H,1H3,(H,12,13);1-5H/b8-7+;;. The molecule has 4 rings (SSSR count). The number of aromatic hydroxyl groups is 2. The van der Waals surface area contributed by atoms with Gasteiger partial charge in [0, 0.05) is 5.56 Å². The second-order valence-electron chi connectivity index (χ2n) is 9.63. The van der Waals surface area contributed by atoms with Gasteiger partial charge in [0.15, 0.2) is 11.6 Å². The van der Waals surface area contributed by atoms with Crippen LogP contribution in [0, 0.1) is 0 Å². The average molecular weight is 691 g/mol. The maximum atomic E-state index is 12.6. The lowest BCUT2D eigenvalue weighted by Crippen LogP contribution is -2.04. The number of carboxylic acids is 2. The van der Waals surface area contributed by atoms with Gasteiger partial charge in [-0.2, -0.15) is 26.3 Å². The van der Waals surface area contributed by atoms with Gasteiger partial charge in [0.05, 0.1) is 22.3 Å². The molecule has 0 aliphatic carbocycles. The van der Waals surface area contributed by atoms with Crippen LogP contribution in [0.25, 0.3) is 6.08 Å². The fraction of sp³-hybridized carbons (Fsp3) is 0.0882. The number of rotatable bonds is 7. The summed E-state index contributed by atoms with van der Waals surface area (Å²) in [6.07, 6.45) is -6.36. The zero-order chi connectivity index (χ0) is 37.1. The number of phenols is 2. The van der Waals surface area contributed by atoms with Crippen molar-refractivity contribution in [2.75, 3.05) is 0 Å². The van der Waals surface area contributed by atoms with E-state index in [1.54, 1.807) is 0 Å². The number of aromatic carboxylic acids is 2. The Morgan fingerprint density at radius 2 is 0.980 bits per heavy atom. The molecule has 4 aromatic rings. The van der Waals surface area contributed by atoms with Crippen molar-refractivity contribution >= 4 is 35.9 Å². The van der Waals surface area contributed by atoms with Crippen molar-refractivity contribution in [2.45, 2.75) is 19.3 Å². The Kier molecular flexibility index (Phi) is 13.1. The maximum absolute atomic E-state index is 12.6. The van der Waals surface area contributed by atoms with Crippen LogP contribution >= 0.6 is 0 Å². The first-order valence-corrected chi connectivity index (χ1v) is 13.4. The molecule has 0 saturated heterocycles. The first kappa shape index (κ1) is 38.9. The van der Waals surface area contributed by atoms with Crippen molar-refractivity contribution in [3.63, 3.8) is 0 Å². The number of carboxylic acid groups (broad SMARTS) is 2. The van der Waals surface area contributed by atoms with Crippen molar-refractivity contribution < 1.29 is 70.7 Å². The number of halogens is 6. The van der Waals surface area contributed by atoms with Gasteiger partial charge in [0.25, 0.3) is 0 Å². The smallest absolute Gasteiger partial charge is 0.416 e. The van der Waals surface area contributed by atoms with Crippen molar-refractivity contribution in [2.24, 2.45) is 0 Å². The van der Waals surface area contributed by atoms with Crippen LogP contribution < -0.4 is 0 Å². The predicted octanol–water partition coefficient (Wildman–Crippen LogP) is 7.82. The quantitative estimate of drug-likeness (QED) is 0.0655. The number of ketones is 2. The number of benzene rings is 4. The van der Waals surface area contributed by atoms with Gasteiger partial charge in [-0.25, -0.2) is 9.59 Å². The Morgan fingerprint density at radius 1 is 0.592 bits per heavy atom. The van der Waals surface area contributed by atoms with Crippen LogP contribution in [-0.2, 0) is 12.4 Å². The topological polar surface area (TPSA) is 166 Å². The van der Waals surface area contributed by atoms with Crippen molar-refractivity contribution in [3.8, 4) is 11.5 Å². The summed E-state index contributed by atoms with van der Waals surface area (Å²) in [5.41, 5.74) is -2.39. The van der Waals surface area contributed by atoms with Gasteiger partial charge in [-0.05, 0) is 67.1 Å². The minimum atomic E-state index is -4.50. The second kappa shape index (κ2) is 16.5. The van der Waals surface area contributed by atoms with Gasteiger partial charge in [0.2, 0.25) is 0 Å². The van der Waals surface area contributed by atoms with E-state index in [1.807, 2.05) is 0 Å². The summed E-state index contributed by atoms with van der Waals surface area (Å²) >= 11 is 0. The molecule has 0 unspecified atom stereocenters. The molecule has 0 amide bonds. The van der Waals surface area contributed by atoms with E-state index < -0.39 is 58.3 Å². The molecule has 4 aromatic carbocycles. The van der Waals surface area contributed by atoms with E-state index in [0.29, 0.717) is 6.29 Å². The molecule has 4 N–H and O–H groups in total. The Hall–Kier alpha value is -6.25. The van der Waals surface area contributed by atoms with Gasteiger partial charge in [0.1, 0.15) is 28.9 Å². The first-order chi connectivity index (χ1) is 22.8. The molecule has 9 nitrogen and oxygen atoms in total. The second-order valence-corrected chi connectivity index (χ2v) is 9.63. The van der Waals surface area contributed by atoms with Gasteiger partial charge in [-0.1, -0.05) is 42.5 Å². The van der Waals surface area contributed by atoms with Gasteiger partial charge >= 0.3 is 24.3 Å². The molecule has 0 aromatic heterocycles. The zero-order valence-electron chi connectivity index (χ0n) is 24.9. The predicted molar refractivity (Wildman–Crippen MR) is 162 cm³/mol. The molecule has 0 heterocycles. The lowest BCUT2D eigenvalue weighted by atomic mass is 10.0. The SMILES string of the molecule is CC(=O)c1cccc(C(=O)O)c1O.O=C(O)c1cccc(C(=O)/C=C/c2cccc(C(F)(F)F)c2)c1O.O=Cc1cccc(C(F)(F)F)c1. The molecule has 0 saturated carbocycles. The van der Waals surface area contributed by atoms with Crippen molar-refractivity contribution in [1.82, 2.24) is 0 Å². The highest BCUT2D eigenvalue weighted by Gasteiger charge is 2.31. The van der Waals surface area contributed by atoms with Crippen LogP contribution in [0.1, 0.15) is 75.4 Å². The molecule has 256 valence electrons. The number of aldehydes is 1. The number of carbonyl (C=O) groups excluding carboxylic acids is 3. The van der Waals surface area contributed by atoms with E-state index in [9.17, 15) is 60.5 Å². The number of para-hydroxylation sites is 2. The number of hydrogen-bond acceptors (Lipinski definition) is 7. The summed E-state index contributed by atoms with van der Waals surface area (Å²) in [4.78, 5) is 54.5. The highest BCUT2D eigenvalue weighted by atomic mass is 19.4. The third-order valence-electron chi connectivity index (χ3n) is 6.17. The number of allylic oxidation sites excluding steroid dienone is 1. The van der Waals surface area contributed by atoms with Crippen LogP contribution in [0.2, 0.25) is 0 Å². The highest BCUT2D eigenvalue weighted by molar-refractivity contribution is 6.10. The molecule has 15 heteroatoms. The van der Waals surface area contributed by atoms with Crippen molar-refractivity contribution in [1.29, 1.82) is 0 Å². The summed E-state index contributed by atoms with van der Waals surface area (Å²) in [5.74, 6) is -4.90. The monoisotopic (exact) mass is 690 g/mol. The van der Waals surface area contributed by atoms with Gasteiger partial charge < -0.3 is 20.4 Å². The van der Waals surface area contributed by atoms with E-state index in [1.165, 1.54) is 61.5 Å².